The molecule has 7 nitrogen and oxygen atoms in total. The average molecular weight is 509 g/mol. The van der Waals surface area contributed by atoms with Crippen LogP contribution >= 0.6 is 0 Å². The SMILES string of the molecule is CCCC[C@H](CC)C(=O)N1CCN(c2nc(CCC(C)C)nc3c2c(C)nn3-c2ccc(F)cc2)CC1. The van der Waals surface area contributed by atoms with Crippen molar-refractivity contribution in [3.63, 3.8) is 0 Å². The van der Waals surface area contributed by atoms with Gasteiger partial charge in [-0.15, -0.1) is 0 Å². The van der Waals surface area contributed by atoms with Gasteiger partial charge in [0.15, 0.2) is 5.65 Å². The van der Waals surface area contributed by atoms with Gasteiger partial charge in [-0.05, 0) is 56.4 Å². The normalized spacial score (nSPS) is 15.1. The number of piperazine rings is 1. The van der Waals surface area contributed by atoms with Gasteiger partial charge in [0.05, 0.1) is 16.8 Å². The Labute approximate surface area is 220 Å². The highest BCUT2D eigenvalue weighted by molar-refractivity contribution is 5.91. The molecule has 1 saturated heterocycles. The predicted octanol–water partition coefficient (Wildman–Crippen LogP) is 5.72. The molecular weight excluding hydrogens is 467 g/mol. The molecule has 0 saturated carbocycles. The van der Waals surface area contributed by atoms with Crippen molar-refractivity contribution in [3.05, 3.63) is 41.6 Å². The third-order valence-electron chi connectivity index (χ3n) is 7.39. The topological polar surface area (TPSA) is 67.2 Å². The second-order valence-electron chi connectivity index (χ2n) is 10.6. The lowest BCUT2D eigenvalue weighted by atomic mass is 9.97. The number of aryl methyl sites for hydroxylation is 2. The van der Waals surface area contributed by atoms with Crippen LogP contribution < -0.4 is 4.90 Å². The number of hydrogen-bond acceptors (Lipinski definition) is 5. The minimum absolute atomic E-state index is 0.121. The fourth-order valence-electron chi connectivity index (χ4n) is 5.08. The highest BCUT2D eigenvalue weighted by Crippen LogP contribution is 2.30. The van der Waals surface area contributed by atoms with Gasteiger partial charge in [0, 0.05) is 38.5 Å². The molecule has 0 radical (unpaired) electrons. The van der Waals surface area contributed by atoms with Crippen molar-refractivity contribution >= 4 is 22.8 Å². The first kappa shape index (κ1) is 27.0. The molecule has 3 heterocycles. The third kappa shape index (κ3) is 6.11. The molecule has 200 valence electrons. The van der Waals surface area contributed by atoms with Crippen molar-refractivity contribution in [1.29, 1.82) is 0 Å². The van der Waals surface area contributed by atoms with Crippen LogP contribution in [0.3, 0.4) is 0 Å². The summed E-state index contributed by atoms with van der Waals surface area (Å²) in [7, 11) is 0. The number of fused-ring (bicyclic) bond motifs is 1. The standard InChI is InChI=1S/C29H41FN6O/c1-6-8-9-22(7-2)29(37)35-18-16-34(17-19-35)27-26-21(5)33-36(24-13-11-23(30)12-14-24)28(26)32-25(31-27)15-10-20(3)4/h11-14,20,22H,6-10,15-19H2,1-5H3/t22-/m0/s1. The van der Waals surface area contributed by atoms with E-state index in [1.807, 2.05) is 11.8 Å². The van der Waals surface area contributed by atoms with Gasteiger partial charge in [-0.2, -0.15) is 5.10 Å². The number of hydrogen-bond donors (Lipinski definition) is 0. The number of benzene rings is 1. The van der Waals surface area contributed by atoms with Crippen LogP contribution in [0.25, 0.3) is 16.7 Å². The summed E-state index contributed by atoms with van der Waals surface area (Å²) in [6, 6.07) is 6.34. The monoisotopic (exact) mass is 508 g/mol. The fraction of sp³-hybridized carbons (Fsp3) is 0.586. The van der Waals surface area contributed by atoms with Gasteiger partial charge in [0.2, 0.25) is 5.91 Å². The zero-order valence-corrected chi connectivity index (χ0v) is 23.0. The smallest absolute Gasteiger partial charge is 0.225 e. The molecule has 37 heavy (non-hydrogen) atoms. The Hall–Kier alpha value is -3.03. The van der Waals surface area contributed by atoms with Crippen LogP contribution in [0, 0.1) is 24.6 Å². The minimum Gasteiger partial charge on any atom is -0.352 e. The second kappa shape index (κ2) is 12.0. The van der Waals surface area contributed by atoms with Crippen LogP contribution in [0.1, 0.15) is 71.3 Å². The van der Waals surface area contributed by atoms with Gasteiger partial charge < -0.3 is 9.80 Å². The Balaban J connectivity index is 1.64. The number of anilines is 1. The summed E-state index contributed by atoms with van der Waals surface area (Å²) in [5.74, 6) is 2.36. The van der Waals surface area contributed by atoms with Crippen molar-refractivity contribution in [2.24, 2.45) is 11.8 Å². The Morgan fingerprint density at radius 2 is 1.73 bits per heavy atom. The zero-order valence-electron chi connectivity index (χ0n) is 23.0. The molecule has 4 rings (SSSR count). The fourth-order valence-corrected chi connectivity index (χ4v) is 5.08. The summed E-state index contributed by atoms with van der Waals surface area (Å²) in [5.41, 5.74) is 2.36. The third-order valence-corrected chi connectivity index (χ3v) is 7.39. The maximum Gasteiger partial charge on any atom is 0.225 e. The lowest BCUT2D eigenvalue weighted by Crippen LogP contribution is -2.50. The van der Waals surface area contributed by atoms with Crippen LogP contribution in [0.4, 0.5) is 10.2 Å². The highest BCUT2D eigenvalue weighted by atomic mass is 19.1. The first-order chi connectivity index (χ1) is 17.8. The average Bonchev–Trinajstić information content (AvgIpc) is 3.24. The zero-order chi connectivity index (χ0) is 26.5. The molecular formula is C29H41FN6O. The lowest BCUT2D eigenvalue weighted by molar-refractivity contribution is -0.136. The second-order valence-corrected chi connectivity index (χ2v) is 10.6. The van der Waals surface area contributed by atoms with E-state index in [0.717, 1.165) is 85.7 Å². The molecule has 1 amide bonds. The number of halogens is 1. The maximum atomic E-state index is 13.6. The van der Waals surface area contributed by atoms with E-state index in [9.17, 15) is 9.18 Å². The van der Waals surface area contributed by atoms with Crippen molar-refractivity contribution in [3.8, 4) is 5.69 Å². The molecule has 1 aromatic carbocycles. The van der Waals surface area contributed by atoms with E-state index in [4.69, 9.17) is 15.1 Å². The van der Waals surface area contributed by atoms with Gasteiger partial charge >= 0.3 is 0 Å². The number of rotatable bonds is 10. The Bertz CT molecular complexity index is 1200. The van der Waals surface area contributed by atoms with Crippen molar-refractivity contribution < 1.29 is 9.18 Å². The van der Waals surface area contributed by atoms with E-state index in [-0.39, 0.29) is 11.7 Å². The first-order valence-electron chi connectivity index (χ1n) is 13.9. The van der Waals surface area contributed by atoms with Crippen molar-refractivity contribution in [2.75, 3.05) is 31.1 Å². The Morgan fingerprint density at radius 1 is 1.03 bits per heavy atom. The predicted molar refractivity (Wildman–Crippen MR) is 147 cm³/mol. The summed E-state index contributed by atoms with van der Waals surface area (Å²) in [5, 5.41) is 5.71. The first-order valence-corrected chi connectivity index (χ1v) is 13.9. The van der Waals surface area contributed by atoms with Crippen molar-refractivity contribution in [2.45, 2.75) is 73.1 Å². The van der Waals surface area contributed by atoms with Gasteiger partial charge in [0.1, 0.15) is 17.5 Å². The van der Waals surface area contributed by atoms with Crippen LogP contribution in [0.15, 0.2) is 24.3 Å². The number of carbonyl (C=O) groups excluding carboxylic acids is 1. The van der Waals surface area contributed by atoms with E-state index in [0.29, 0.717) is 24.9 Å². The van der Waals surface area contributed by atoms with E-state index in [1.165, 1.54) is 12.1 Å². The molecule has 1 fully saturated rings. The van der Waals surface area contributed by atoms with Crippen LogP contribution in [-0.4, -0.2) is 56.7 Å². The molecule has 3 aromatic rings. The largest absolute Gasteiger partial charge is 0.352 e. The summed E-state index contributed by atoms with van der Waals surface area (Å²) in [6.45, 7) is 13.5. The van der Waals surface area contributed by atoms with E-state index in [1.54, 1.807) is 16.8 Å². The summed E-state index contributed by atoms with van der Waals surface area (Å²) in [4.78, 5) is 27.5. The van der Waals surface area contributed by atoms with Gasteiger partial charge in [0.25, 0.3) is 0 Å². The van der Waals surface area contributed by atoms with E-state index >= 15 is 0 Å². The Kier molecular flexibility index (Phi) is 8.77. The number of unbranched alkanes of at least 4 members (excludes halogenated alkanes) is 1. The Morgan fingerprint density at radius 3 is 2.35 bits per heavy atom. The molecule has 0 bridgehead atoms. The number of aromatic nitrogens is 4. The van der Waals surface area contributed by atoms with Crippen LogP contribution in [0.5, 0.6) is 0 Å². The molecule has 0 N–H and O–H groups in total. The summed E-state index contributed by atoms with van der Waals surface area (Å²) in [6.07, 6.45) is 5.85. The molecule has 2 aromatic heterocycles. The van der Waals surface area contributed by atoms with Gasteiger partial charge in [-0.1, -0.05) is 40.5 Å². The van der Waals surface area contributed by atoms with E-state index in [2.05, 4.69) is 32.6 Å². The molecule has 1 aliphatic heterocycles. The quantitative estimate of drug-likeness (QED) is 0.351. The molecule has 1 aliphatic rings. The number of amides is 1. The maximum absolute atomic E-state index is 13.6. The molecule has 0 unspecified atom stereocenters. The number of carbonyl (C=O) groups is 1. The highest BCUT2D eigenvalue weighted by Gasteiger charge is 2.29. The minimum atomic E-state index is -0.280. The summed E-state index contributed by atoms with van der Waals surface area (Å²) < 4.78 is 15.4. The number of nitrogens with zero attached hydrogens (tertiary/aromatic N) is 6. The van der Waals surface area contributed by atoms with Gasteiger partial charge in [-0.3, -0.25) is 4.79 Å². The lowest BCUT2D eigenvalue weighted by Gasteiger charge is -2.37. The molecule has 0 spiro atoms. The van der Waals surface area contributed by atoms with E-state index < -0.39 is 0 Å². The molecule has 1 atom stereocenters. The van der Waals surface area contributed by atoms with Crippen LogP contribution in [-0.2, 0) is 11.2 Å². The summed E-state index contributed by atoms with van der Waals surface area (Å²) >= 11 is 0. The van der Waals surface area contributed by atoms with Gasteiger partial charge in [-0.25, -0.2) is 19.0 Å². The molecule has 8 heteroatoms. The van der Waals surface area contributed by atoms with Crippen molar-refractivity contribution in [1.82, 2.24) is 24.6 Å². The molecule has 0 aliphatic carbocycles. The van der Waals surface area contributed by atoms with Crippen LogP contribution in [0.2, 0.25) is 0 Å².